The van der Waals surface area contributed by atoms with Gasteiger partial charge in [0.1, 0.15) is 11.5 Å². The van der Waals surface area contributed by atoms with Gasteiger partial charge in [-0.25, -0.2) is 9.97 Å². The van der Waals surface area contributed by atoms with Gasteiger partial charge in [0.25, 0.3) is 0 Å². The van der Waals surface area contributed by atoms with E-state index in [1.807, 2.05) is 97.1 Å². The fourth-order valence-electron chi connectivity index (χ4n) is 3.87. The second-order valence-corrected chi connectivity index (χ2v) is 8.38. The number of H-pyrrole nitrogens is 1. The maximum atomic E-state index is 6.04. The van der Waals surface area contributed by atoms with Crippen LogP contribution in [0.15, 0.2) is 97.1 Å². The van der Waals surface area contributed by atoms with Gasteiger partial charge >= 0.3 is 0 Å². The van der Waals surface area contributed by atoms with Gasteiger partial charge in [-0.15, -0.1) is 0 Å². The van der Waals surface area contributed by atoms with E-state index in [0.29, 0.717) is 11.9 Å². The van der Waals surface area contributed by atoms with Gasteiger partial charge in [-0.1, -0.05) is 60.7 Å². The van der Waals surface area contributed by atoms with Crippen molar-refractivity contribution in [1.82, 2.24) is 20.2 Å². The lowest BCUT2D eigenvalue weighted by Gasteiger charge is -2.11. The Bertz CT molecular complexity index is 1410. The fourth-order valence-corrected chi connectivity index (χ4v) is 3.87. The molecule has 1 aliphatic rings. The van der Waals surface area contributed by atoms with Crippen LogP contribution >= 0.6 is 0 Å². The number of benzene rings is 3. The number of hydrogen-bond donors (Lipinski definition) is 2. The van der Waals surface area contributed by atoms with Gasteiger partial charge in [0.15, 0.2) is 5.82 Å². The minimum absolute atomic E-state index is 0.500. The van der Waals surface area contributed by atoms with Crippen molar-refractivity contribution in [3.05, 3.63) is 103 Å². The van der Waals surface area contributed by atoms with Crippen LogP contribution in [0.25, 0.3) is 22.5 Å². The largest absolute Gasteiger partial charge is 0.457 e. The zero-order chi connectivity index (χ0) is 22.7. The van der Waals surface area contributed by atoms with Crippen molar-refractivity contribution in [1.29, 1.82) is 0 Å². The average molecular weight is 446 g/mol. The van der Waals surface area contributed by atoms with E-state index in [1.54, 1.807) is 0 Å². The summed E-state index contributed by atoms with van der Waals surface area (Å²) in [4.78, 5) is 9.59. The van der Waals surface area contributed by atoms with Crippen LogP contribution in [0.5, 0.6) is 11.5 Å². The second-order valence-electron chi connectivity index (χ2n) is 8.38. The molecule has 6 nitrogen and oxygen atoms in total. The first kappa shape index (κ1) is 20.2. The number of ether oxygens (including phenoxy) is 1. The summed E-state index contributed by atoms with van der Waals surface area (Å²) >= 11 is 0. The Hall–Kier alpha value is -4.45. The van der Waals surface area contributed by atoms with Crippen LogP contribution in [-0.4, -0.2) is 20.2 Å². The van der Waals surface area contributed by atoms with E-state index < -0.39 is 0 Å². The smallest absolute Gasteiger partial charge is 0.229 e. The van der Waals surface area contributed by atoms with E-state index in [-0.39, 0.29) is 0 Å². The first-order chi connectivity index (χ1) is 16.8. The summed E-state index contributed by atoms with van der Waals surface area (Å²) < 4.78 is 6.04. The van der Waals surface area contributed by atoms with Crippen molar-refractivity contribution in [3.63, 3.8) is 0 Å². The predicted octanol–water partition coefficient (Wildman–Crippen LogP) is 6.95. The van der Waals surface area contributed by atoms with Crippen LogP contribution in [0, 0.1) is 0 Å². The molecule has 0 radical (unpaired) electrons. The molecule has 2 aromatic heterocycles. The molecule has 34 heavy (non-hydrogen) atoms. The van der Waals surface area contributed by atoms with Gasteiger partial charge < -0.3 is 10.1 Å². The van der Waals surface area contributed by atoms with E-state index in [9.17, 15) is 0 Å². The van der Waals surface area contributed by atoms with Gasteiger partial charge in [-0.2, -0.15) is 5.10 Å². The third kappa shape index (κ3) is 4.52. The molecule has 2 N–H and O–H groups in total. The van der Waals surface area contributed by atoms with Crippen molar-refractivity contribution < 1.29 is 4.74 Å². The Balaban J connectivity index is 1.36. The summed E-state index contributed by atoms with van der Waals surface area (Å²) in [5.74, 6) is 3.36. The molecule has 0 atom stereocenters. The molecule has 1 saturated carbocycles. The number of anilines is 2. The topological polar surface area (TPSA) is 75.7 Å². The lowest BCUT2D eigenvalue weighted by Crippen LogP contribution is -2.00. The molecule has 5 aromatic rings. The van der Waals surface area contributed by atoms with Crippen molar-refractivity contribution in [2.75, 3.05) is 5.32 Å². The molecule has 0 spiro atoms. The van der Waals surface area contributed by atoms with E-state index in [0.717, 1.165) is 45.5 Å². The van der Waals surface area contributed by atoms with Crippen molar-refractivity contribution in [2.45, 2.75) is 18.8 Å². The minimum atomic E-state index is 0.500. The van der Waals surface area contributed by atoms with Gasteiger partial charge in [-0.05, 0) is 43.2 Å². The fraction of sp³-hybridized carbons (Fsp3) is 0.107. The Morgan fingerprint density at radius 3 is 2.15 bits per heavy atom. The average Bonchev–Trinajstić information content (AvgIpc) is 3.64. The summed E-state index contributed by atoms with van der Waals surface area (Å²) in [7, 11) is 0. The number of nitrogens with one attached hydrogen (secondary N) is 2. The Kier molecular flexibility index (Phi) is 5.24. The SMILES string of the molecule is c1ccc(Oc2cccc(-c3cc(-c4ccccc4)nc(Nc4cc(C5CC5)[nH]n4)n3)c2)cc1. The molecular weight excluding hydrogens is 422 g/mol. The lowest BCUT2D eigenvalue weighted by atomic mass is 10.1. The predicted molar refractivity (Wildman–Crippen MR) is 133 cm³/mol. The van der Waals surface area contributed by atoms with Crippen molar-refractivity contribution in [3.8, 4) is 34.0 Å². The summed E-state index contributed by atoms with van der Waals surface area (Å²) in [6, 6.07) is 31.8. The Morgan fingerprint density at radius 1 is 0.706 bits per heavy atom. The number of hydrogen-bond acceptors (Lipinski definition) is 5. The van der Waals surface area contributed by atoms with Crippen molar-refractivity contribution >= 4 is 11.8 Å². The molecule has 3 aromatic carbocycles. The molecule has 6 rings (SSSR count). The number of nitrogens with zero attached hydrogens (tertiary/aromatic N) is 3. The highest BCUT2D eigenvalue weighted by molar-refractivity contribution is 5.71. The van der Waals surface area contributed by atoms with Gasteiger partial charge in [0.2, 0.25) is 5.95 Å². The van der Waals surface area contributed by atoms with Crippen LogP contribution in [0.3, 0.4) is 0 Å². The summed E-state index contributed by atoms with van der Waals surface area (Å²) in [6.45, 7) is 0. The third-order valence-corrected chi connectivity index (χ3v) is 5.76. The highest BCUT2D eigenvalue weighted by Gasteiger charge is 2.25. The standard InChI is InChI=1S/C28H23N5O/c1-3-8-19(9-4-1)24-17-25(21-10-7-13-23(16-21)34-22-11-5-2-6-12-22)30-28(29-24)31-27-18-26(32-33-27)20-14-15-20/h1-13,16-18,20H,14-15H2,(H2,29,30,31,32,33). The number of rotatable bonds is 7. The van der Waals surface area contributed by atoms with Crippen LogP contribution in [0.1, 0.15) is 24.5 Å². The molecule has 0 aliphatic heterocycles. The first-order valence-corrected chi connectivity index (χ1v) is 11.4. The highest BCUT2D eigenvalue weighted by atomic mass is 16.5. The Morgan fingerprint density at radius 2 is 1.38 bits per heavy atom. The van der Waals surface area contributed by atoms with Crippen LogP contribution in [-0.2, 0) is 0 Å². The Labute approximate surface area is 197 Å². The van der Waals surface area contributed by atoms with E-state index in [4.69, 9.17) is 14.7 Å². The van der Waals surface area contributed by atoms with E-state index in [2.05, 4.69) is 15.5 Å². The van der Waals surface area contributed by atoms with Gasteiger partial charge in [-0.3, -0.25) is 5.10 Å². The highest BCUT2D eigenvalue weighted by Crippen LogP contribution is 2.39. The van der Waals surface area contributed by atoms with E-state index in [1.165, 1.54) is 12.8 Å². The molecule has 1 aliphatic carbocycles. The third-order valence-electron chi connectivity index (χ3n) is 5.76. The minimum Gasteiger partial charge on any atom is -0.457 e. The summed E-state index contributed by atoms with van der Waals surface area (Å²) in [5.41, 5.74) is 4.75. The maximum absolute atomic E-state index is 6.04. The zero-order valence-electron chi connectivity index (χ0n) is 18.5. The molecule has 6 heteroatoms. The monoisotopic (exact) mass is 445 g/mol. The van der Waals surface area contributed by atoms with Gasteiger partial charge in [0.05, 0.1) is 11.4 Å². The first-order valence-electron chi connectivity index (χ1n) is 11.4. The number of aromatic amines is 1. The molecule has 0 amide bonds. The quantitative estimate of drug-likeness (QED) is 0.284. The molecule has 166 valence electrons. The molecule has 0 unspecified atom stereocenters. The zero-order valence-corrected chi connectivity index (χ0v) is 18.5. The second kappa shape index (κ2) is 8.83. The van der Waals surface area contributed by atoms with Crippen molar-refractivity contribution in [2.24, 2.45) is 0 Å². The van der Waals surface area contributed by atoms with Gasteiger partial charge in [0, 0.05) is 28.8 Å². The van der Waals surface area contributed by atoms with E-state index >= 15 is 0 Å². The molecule has 0 bridgehead atoms. The van der Waals surface area contributed by atoms with Crippen LogP contribution < -0.4 is 10.1 Å². The molecule has 0 saturated heterocycles. The maximum Gasteiger partial charge on any atom is 0.229 e. The lowest BCUT2D eigenvalue weighted by molar-refractivity contribution is 0.483. The van der Waals surface area contributed by atoms with Crippen LogP contribution in [0.2, 0.25) is 0 Å². The molecule has 2 heterocycles. The number of para-hydroxylation sites is 1. The summed E-state index contributed by atoms with van der Waals surface area (Å²) in [5, 5.41) is 10.8. The normalized spacial score (nSPS) is 12.9. The number of aromatic nitrogens is 4. The molecular formula is C28H23N5O. The summed E-state index contributed by atoms with van der Waals surface area (Å²) in [6.07, 6.45) is 2.43. The molecule has 1 fully saturated rings. The van der Waals surface area contributed by atoms with Crippen LogP contribution in [0.4, 0.5) is 11.8 Å².